The molecule has 2 rings (SSSR count). The van der Waals surface area contributed by atoms with Crippen LogP contribution >= 0.6 is 11.8 Å². The summed E-state index contributed by atoms with van der Waals surface area (Å²) in [5.41, 5.74) is 1.41. The summed E-state index contributed by atoms with van der Waals surface area (Å²) in [6.07, 6.45) is 2.87. The summed E-state index contributed by atoms with van der Waals surface area (Å²) in [7, 11) is 0. The molecule has 18 heavy (non-hydrogen) atoms. The van der Waals surface area contributed by atoms with Gasteiger partial charge in [-0.15, -0.1) is 0 Å². The molecule has 0 amide bonds. The van der Waals surface area contributed by atoms with Crippen LogP contribution in [0.25, 0.3) is 0 Å². The van der Waals surface area contributed by atoms with Crippen molar-refractivity contribution in [3.05, 3.63) is 35.9 Å². The number of rotatable bonds is 7. The third-order valence-corrected chi connectivity index (χ3v) is 4.38. The monoisotopic (exact) mass is 265 g/mol. The molecule has 2 atom stereocenters. The molecule has 0 radical (unpaired) electrons. The molecule has 1 heterocycles. The van der Waals surface area contributed by atoms with Crippen molar-refractivity contribution in [3.63, 3.8) is 0 Å². The van der Waals surface area contributed by atoms with Gasteiger partial charge in [0.25, 0.3) is 0 Å². The Morgan fingerprint density at radius 3 is 2.94 bits per heavy atom. The first-order chi connectivity index (χ1) is 8.86. The van der Waals surface area contributed by atoms with Crippen LogP contribution in [0.5, 0.6) is 0 Å². The van der Waals surface area contributed by atoms with Gasteiger partial charge in [0.1, 0.15) is 0 Å². The summed E-state index contributed by atoms with van der Waals surface area (Å²) in [5.74, 6) is 2.27. The predicted molar refractivity (Wildman–Crippen MR) is 79.0 cm³/mol. The van der Waals surface area contributed by atoms with Crippen molar-refractivity contribution in [1.29, 1.82) is 0 Å². The molecule has 0 aliphatic carbocycles. The summed E-state index contributed by atoms with van der Waals surface area (Å²) in [4.78, 5) is 0. The second-order valence-electron chi connectivity index (χ2n) is 4.83. The normalized spacial score (nSPS) is 21.1. The Morgan fingerprint density at radius 1 is 1.39 bits per heavy atom. The maximum atomic E-state index is 5.67. The average molecular weight is 265 g/mol. The second kappa shape index (κ2) is 7.82. The van der Waals surface area contributed by atoms with Gasteiger partial charge in [0.2, 0.25) is 0 Å². The van der Waals surface area contributed by atoms with Crippen molar-refractivity contribution >= 4 is 11.8 Å². The van der Waals surface area contributed by atoms with E-state index in [-0.39, 0.29) is 0 Å². The predicted octanol–water partition coefficient (Wildman–Crippen LogP) is 3.08. The Kier molecular flexibility index (Phi) is 6.05. The van der Waals surface area contributed by atoms with Crippen LogP contribution in [0, 0.1) is 0 Å². The SMILES string of the molecule is CC(NCCSCc1ccccc1)C1CCCO1. The van der Waals surface area contributed by atoms with Crippen LogP contribution in [-0.2, 0) is 10.5 Å². The van der Waals surface area contributed by atoms with Crippen LogP contribution in [-0.4, -0.2) is 31.1 Å². The highest BCUT2D eigenvalue weighted by Crippen LogP contribution is 2.15. The molecule has 0 saturated carbocycles. The number of benzene rings is 1. The van der Waals surface area contributed by atoms with Gasteiger partial charge in [0.15, 0.2) is 0 Å². The van der Waals surface area contributed by atoms with Crippen LogP contribution < -0.4 is 5.32 Å². The van der Waals surface area contributed by atoms with Gasteiger partial charge in [-0.1, -0.05) is 30.3 Å². The number of hydrogen-bond donors (Lipinski definition) is 1. The summed E-state index contributed by atoms with van der Waals surface area (Å²) in [6.45, 7) is 4.25. The summed E-state index contributed by atoms with van der Waals surface area (Å²) in [6, 6.07) is 11.1. The highest BCUT2D eigenvalue weighted by Gasteiger charge is 2.21. The van der Waals surface area contributed by atoms with E-state index in [1.165, 1.54) is 18.4 Å². The Morgan fingerprint density at radius 2 is 2.22 bits per heavy atom. The standard InChI is InChI=1S/C15H23NOS/c1-13(15-8-5-10-17-15)16-9-11-18-12-14-6-3-2-4-7-14/h2-4,6-7,13,15-16H,5,8-12H2,1H3. The Labute approximate surface area is 114 Å². The van der Waals surface area contributed by atoms with Crippen LogP contribution in [0.1, 0.15) is 25.3 Å². The molecule has 0 spiro atoms. The summed E-state index contributed by atoms with van der Waals surface area (Å²) < 4.78 is 5.67. The Hall–Kier alpha value is -0.510. The third kappa shape index (κ3) is 4.63. The van der Waals surface area contributed by atoms with Gasteiger partial charge in [-0.2, -0.15) is 11.8 Å². The first-order valence-electron chi connectivity index (χ1n) is 6.83. The number of nitrogens with one attached hydrogen (secondary N) is 1. The van der Waals surface area contributed by atoms with Crippen LogP contribution in [0.4, 0.5) is 0 Å². The van der Waals surface area contributed by atoms with Gasteiger partial charge in [-0.05, 0) is 25.3 Å². The molecule has 3 heteroatoms. The van der Waals surface area contributed by atoms with E-state index in [0.717, 1.165) is 24.7 Å². The van der Waals surface area contributed by atoms with E-state index in [1.807, 2.05) is 11.8 Å². The molecule has 2 nitrogen and oxygen atoms in total. The minimum absolute atomic E-state index is 0.434. The average Bonchev–Trinajstić information content (AvgIpc) is 2.93. The van der Waals surface area contributed by atoms with Crippen LogP contribution in [0.2, 0.25) is 0 Å². The first-order valence-corrected chi connectivity index (χ1v) is 7.98. The fourth-order valence-corrected chi connectivity index (χ4v) is 3.09. The van der Waals surface area contributed by atoms with Crippen LogP contribution in [0.3, 0.4) is 0 Å². The molecule has 1 N–H and O–H groups in total. The molecule has 1 aromatic rings. The highest BCUT2D eigenvalue weighted by molar-refractivity contribution is 7.98. The summed E-state index contributed by atoms with van der Waals surface area (Å²) >= 11 is 1.99. The molecule has 1 fully saturated rings. The van der Waals surface area contributed by atoms with Gasteiger partial charge >= 0.3 is 0 Å². The first kappa shape index (κ1) is 13.9. The van der Waals surface area contributed by atoms with E-state index in [9.17, 15) is 0 Å². The molecule has 100 valence electrons. The minimum Gasteiger partial charge on any atom is -0.377 e. The largest absolute Gasteiger partial charge is 0.377 e. The van der Waals surface area contributed by atoms with Gasteiger partial charge in [0.05, 0.1) is 6.10 Å². The quantitative estimate of drug-likeness (QED) is 0.766. The topological polar surface area (TPSA) is 21.3 Å². The van der Waals surface area contributed by atoms with E-state index in [0.29, 0.717) is 12.1 Å². The maximum absolute atomic E-state index is 5.67. The molecule has 1 aliphatic heterocycles. The second-order valence-corrected chi connectivity index (χ2v) is 5.94. The zero-order valence-corrected chi connectivity index (χ0v) is 11.9. The molecular weight excluding hydrogens is 242 g/mol. The molecule has 1 saturated heterocycles. The third-order valence-electron chi connectivity index (χ3n) is 3.35. The number of ether oxygens (including phenoxy) is 1. The lowest BCUT2D eigenvalue weighted by Gasteiger charge is -2.19. The highest BCUT2D eigenvalue weighted by atomic mass is 32.2. The van der Waals surface area contributed by atoms with Crippen molar-refractivity contribution in [2.45, 2.75) is 37.7 Å². The zero-order valence-electron chi connectivity index (χ0n) is 11.1. The molecular formula is C15H23NOS. The minimum atomic E-state index is 0.434. The fourth-order valence-electron chi connectivity index (χ4n) is 2.25. The van der Waals surface area contributed by atoms with E-state index < -0.39 is 0 Å². The molecule has 1 aliphatic rings. The van der Waals surface area contributed by atoms with Crippen molar-refractivity contribution in [3.8, 4) is 0 Å². The lowest BCUT2D eigenvalue weighted by molar-refractivity contribution is 0.0844. The smallest absolute Gasteiger partial charge is 0.0726 e. The van der Waals surface area contributed by atoms with Crippen molar-refractivity contribution in [1.82, 2.24) is 5.32 Å². The Bertz CT molecular complexity index is 325. The van der Waals surface area contributed by atoms with Gasteiger partial charge in [-0.3, -0.25) is 0 Å². The molecule has 0 aromatic heterocycles. The summed E-state index contributed by atoms with van der Waals surface area (Å²) in [5, 5.41) is 3.56. The van der Waals surface area contributed by atoms with Gasteiger partial charge < -0.3 is 10.1 Å². The zero-order chi connectivity index (χ0) is 12.6. The van der Waals surface area contributed by atoms with Gasteiger partial charge in [0, 0.05) is 30.7 Å². The fraction of sp³-hybridized carbons (Fsp3) is 0.600. The van der Waals surface area contributed by atoms with E-state index in [4.69, 9.17) is 4.74 Å². The lowest BCUT2D eigenvalue weighted by atomic mass is 10.1. The molecule has 0 bridgehead atoms. The number of thioether (sulfide) groups is 1. The lowest BCUT2D eigenvalue weighted by Crippen LogP contribution is -2.38. The van der Waals surface area contributed by atoms with E-state index in [2.05, 4.69) is 42.6 Å². The van der Waals surface area contributed by atoms with Gasteiger partial charge in [-0.25, -0.2) is 0 Å². The van der Waals surface area contributed by atoms with Crippen molar-refractivity contribution < 1.29 is 4.74 Å². The van der Waals surface area contributed by atoms with E-state index in [1.54, 1.807) is 0 Å². The van der Waals surface area contributed by atoms with Crippen molar-refractivity contribution in [2.75, 3.05) is 18.9 Å². The maximum Gasteiger partial charge on any atom is 0.0726 e. The van der Waals surface area contributed by atoms with Crippen molar-refractivity contribution in [2.24, 2.45) is 0 Å². The van der Waals surface area contributed by atoms with E-state index >= 15 is 0 Å². The molecule has 2 unspecified atom stereocenters. The Balaban J connectivity index is 1.53. The number of hydrogen-bond acceptors (Lipinski definition) is 3. The molecule has 1 aromatic carbocycles. The van der Waals surface area contributed by atoms with Crippen LogP contribution in [0.15, 0.2) is 30.3 Å².